The number of amides is 1. The highest BCUT2D eigenvalue weighted by Gasteiger charge is 2.46. The van der Waals surface area contributed by atoms with Gasteiger partial charge >= 0.3 is 0 Å². The van der Waals surface area contributed by atoms with E-state index in [4.69, 9.17) is 14.2 Å². The fourth-order valence-corrected chi connectivity index (χ4v) is 5.31. The first kappa shape index (κ1) is 27.1. The number of benzene rings is 3. The Morgan fingerprint density at radius 1 is 1.07 bits per heavy atom. The number of ketones is 1. The highest BCUT2D eigenvalue weighted by molar-refractivity contribution is 6.46. The molecule has 0 saturated carbocycles. The maximum Gasteiger partial charge on any atom is 0.295 e. The van der Waals surface area contributed by atoms with Gasteiger partial charge in [-0.2, -0.15) is 0 Å². The molecule has 2 aliphatic heterocycles. The molecule has 0 bridgehead atoms. The van der Waals surface area contributed by atoms with Crippen molar-refractivity contribution in [3.63, 3.8) is 0 Å². The third-order valence-electron chi connectivity index (χ3n) is 7.13. The van der Waals surface area contributed by atoms with Crippen molar-refractivity contribution in [1.82, 2.24) is 4.90 Å². The summed E-state index contributed by atoms with van der Waals surface area (Å²) in [4.78, 5) is 28.5. The summed E-state index contributed by atoms with van der Waals surface area (Å²) in [6.07, 6.45) is 2.94. The van der Waals surface area contributed by atoms with E-state index in [-0.39, 0.29) is 17.4 Å². The van der Waals surface area contributed by atoms with E-state index in [1.54, 1.807) is 36.4 Å². The zero-order valence-corrected chi connectivity index (χ0v) is 22.8. The molecule has 1 saturated heterocycles. The fraction of sp³-hybridized carbons (Fsp3) is 0.273. The minimum absolute atomic E-state index is 0.0368. The van der Waals surface area contributed by atoms with Gasteiger partial charge in [-0.15, -0.1) is 0 Å². The third kappa shape index (κ3) is 5.32. The first-order valence-electron chi connectivity index (χ1n) is 13.5. The van der Waals surface area contributed by atoms with E-state index < -0.39 is 17.7 Å². The topological polar surface area (TPSA) is 85.3 Å². The van der Waals surface area contributed by atoms with Crippen molar-refractivity contribution >= 4 is 17.4 Å². The number of nitrogens with zero attached hydrogens (tertiary/aromatic N) is 1. The van der Waals surface area contributed by atoms with Crippen molar-refractivity contribution in [3.8, 4) is 17.2 Å². The third-order valence-corrected chi connectivity index (χ3v) is 7.13. The molecule has 1 amide bonds. The van der Waals surface area contributed by atoms with Gasteiger partial charge < -0.3 is 24.2 Å². The van der Waals surface area contributed by atoms with E-state index in [0.29, 0.717) is 55.2 Å². The normalized spacial score (nSPS) is 19.3. The summed E-state index contributed by atoms with van der Waals surface area (Å²) in [5.41, 5.74) is 3.15. The van der Waals surface area contributed by atoms with Gasteiger partial charge in [-0.1, -0.05) is 49.1 Å². The Balaban J connectivity index is 1.60. The van der Waals surface area contributed by atoms with Crippen molar-refractivity contribution in [1.29, 1.82) is 0 Å². The van der Waals surface area contributed by atoms with Gasteiger partial charge in [-0.05, 0) is 67.3 Å². The number of hydrogen-bond donors (Lipinski definition) is 1. The number of carbonyl (C=O) groups is 2. The van der Waals surface area contributed by atoms with Gasteiger partial charge in [0.25, 0.3) is 11.7 Å². The zero-order valence-electron chi connectivity index (χ0n) is 22.8. The first-order valence-corrected chi connectivity index (χ1v) is 13.5. The van der Waals surface area contributed by atoms with Crippen molar-refractivity contribution < 1.29 is 28.9 Å². The maximum atomic E-state index is 13.5. The van der Waals surface area contributed by atoms with E-state index in [1.165, 1.54) is 4.90 Å². The highest BCUT2D eigenvalue weighted by Crippen LogP contribution is 2.43. The summed E-state index contributed by atoms with van der Waals surface area (Å²) in [6.45, 7) is 8.55. The second-order valence-electron chi connectivity index (χ2n) is 9.92. The molecular formula is C33H33NO6. The Labute approximate surface area is 234 Å². The molecule has 5 rings (SSSR count). The lowest BCUT2D eigenvalue weighted by molar-refractivity contribution is -0.139. The van der Waals surface area contributed by atoms with Crippen molar-refractivity contribution in [2.45, 2.75) is 38.8 Å². The average molecular weight is 540 g/mol. The number of ether oxygens (including phenoxy) is 3. The van der Waals surface area contributed by atoms with Gasteiger partial charge in [0.05, 0.1) is 18.2 Å². The summed E-state index contributed by atoms with van der Waals surface area (Å²) in [5, 5.41) is 11.6. The Morgan fingerprint density at radius 2 is 1.88 bits per heavy atom. The average Bonchev–Trinajstić information content (AvgIpc) is 3.46. The van der Waals surface area contributed by atoms with Crippen LogP contribution in [0.4, 0.5) is 0 Å². The van der Waals surface area contributed by atoms with E-state index in [2.05, 4.69) is 6.58 Å². The number of fused-ring (bicyclic) bond motifs is 1. The largest absolute Gasteiger partial charge is 0.507 e. The van der Waals surface area contributed by atoms with Crippen LogP contribution in [-0.4, -0.2) is 47.6 Å². The molecule has 2 heterocycles. The molecule has 0 radical (unpaired) electrons. The second-order valence-corrected chi connectivity index (χ2v) is 9.92. The first-order chi connectivity index (χ1) is 19.4. The Morgan fingerprint density at radius 3 is 2.62 bits per heavy atom. The zero-order chi connectivity index (χ0) is 28.2. The van der Waals surface area contributed by atoms with Gasteiger partial charge in [-0.25, -0.2) is 0 Å². The summed E-state index contributed by atoms with van der Waals surface area (Å²) < 4.78 is 17.4. The molecule has 1 fully saturated rings. The molecule has 3 aromatic rings. The number of Topliss-reactive ketones (excluding diaryl/α,β-unsaturated/α-hetero) is 1. The van der Waals surface area contributed by atoms with Crippen LogP contribution < -0.4 is 14.2 Å². The molecule has 7 heteroatoms. The molecule has 206 valence electrons. The molecule has 1 N–H and O–H groups in total. The van der Waals surface area contributed by atoms with Crippen LogP contribution in [0.1, 0.15) is 42.1 Å². The van der Waals surface area contributed by atoms with Crippen molar-refractivity contribution in [3.05, 3.63) is 107 Å². The molecule has 7 nitrogen and oxygen atoms in total. The standard InChI is InChI=1S/C33H33NO6/c1-4-17-39-27-14-11-23(20-28(27)38-5-2)30-29(31(35)24-12-13-26-25(19-24)18-21(3)40-26)32(36)33(37)34(30)16-15-22-9-7-6-8-10-22/h4,6-14,19-21,30,35H,1,5,15-18H2,2-3H3/t21-,30-/m1/s1. The molecule has 0 aromatic heterocycles. The van der Waals surface area contributed by atoms with Crippen LogP contribution in [0.15, 0.2) is 85.0 Å². The number of aliphatic hydroxyl groups excluding tert-OH is 1. The van der Waals surface area contributed by atoms with Crippen LogP contribution in [-0.2, 0) is 22.4 Å². The summed E-state index contributed by atoms with van der Waals surface area (Å²) in [5.74, 6) is 0.202. The van der Waals surface area contributed by atoms with Crippen LogP contribution in [0.3, 0.4) is 0 Å². The van der Waals surface area contributed by atoms with Crippen LogP contribution >= 0.6 is 0 Å². The smallest absolute Gasteiger partial charge is 0.295 e. The van der Waals surface area contributed by atoms with Crippen LogP contribution in [0.2, 0.25) is 0 Å². The minimum Gasteiger partial charge on any atom is -0.507 e. The SMILES string of the molecule is C=CCOc1ccc([C@@H]2C(=C(O)c3ccc4c(c3)C[C@@H](C)O4)C(=O)C(=O)N2CCc2ccccc2)cc1OCC. The van der Waals surface area contributed by atoms with Crippen LogP contribution in [0.25, 0.3) is 5.76 Å². The van der Waals surface area contributed by atoms with E-state index in [9.17, 15) is 14.7 Å². The number of aliphatic hydroxyl groups is 1. The van der Waals surface area contributed by atoms with Crippen LogP contribution in [0, 0.1) is 0 Å². The maximum absolute atomic E-state index is 13.5. The molecule has 40 heavy (non-hydrogen) atoms. The molecule has 0 spiro atoms. The molecule has 2 aliphatic rings. The second kappa shape index (κ2) is 11.7. The molecule has 0 aliphatic carbocycles. The lowest BCUT2D eigenvalue weighted by atomic mass is 9.94. The van der Waals surface area contributed by atoms with Gasteiger partial charge in [-0.3, -0.25) is 9.59 Å². The van der Waals surface area contributed by atoms with Gasteiger partial charge in [0.2, 0.25) is 0 Å². The summed E-state index contributed by atoms with van der Waals surface area (Å²) in [6, 6.07) is 19.7. The molecular weight excluding hydrogens is 506 g/mol. The number of hydrogen-bond acceptors (Lipinski definition) is 6. The van der Waals surface area contributed by atoms with Gasteiger partial charge in [0.15, 0.2) is 11.5 Å². The van der Waals surface area contributed by atoms with Crippen molar-refractivity contribution in [2.24, 2.45) is 0 Å². The Hall–Kier alpha value is -4.52. The predicted octanol–water partition coefficient (Wildman–Crippen LogP) is 5.64. The Kier molecular flexibility index (Phi) is 7.91. The molecule has 2 atom stereocenters. The van der Waals surface area contributed by atoms with E-state index in [0.717, 1.165) is 16.9 Å². The van der Waals surface area contributed by atoms with Crippen LogP contribution in [0.5, 0.6) is 17.2 Å². The lowest BCUT2D eigenvalue weighted by Crippen LogP contribution is -2.31. The lowest BCUT2D eigenvalue weighted by Gasteiger charge is -2.26. The summed E-state index contributed by atoms with van der Waals surface area (Å²) >= 11 is 0. The predicted molar refractivity (Wildman–Crippen MR) is 153 cm³/mol. The quantitative estimate of drug-likeness (QED) is 0.155. The van der Waals surface area contributed by atoms with Gasteiger partial charge in [0.1, 0.15) is 24.2 Å². The Bertz CT molecular complexity index is 1460. The number of rotatable bonds is 10. The monoisotopic (exact) mass is 539 g/mol. The minimum atomic E-state index is -0.806. The van der Waals surface area contributed by atoms with E-state index >= 15 is 0 Å². The number of likely N-dealkylation sites (tertiary alicyclic amines) is 1. The van der Waals surface area contributed by atoms with E-state index in [1.807, 2.05) is 50.2 Å². The molecule has 3 aromatic carbocycles. The van der Waals surface area contributed by atoms with Gasteiger partial charge in [0, 0.05) is 18.5 Å². The summed E-state index contributed by atoms with van der Waals surface area (Å²) in [7, 11) is 0. The fourth-order valence-electron chi connectivity index (χ4n) is 5.31. The number of carbonyl (C=O) groups excluding carboxylic acids is 2. The van der Waals surface area contributed by atoms with Crippen molar-refractivity contribution in [2.75, 3.05) is 19.8 Å². The highest BCUT2D eigenvalue weighted by atomic mass is 16.5. The molecule has 0 unspecified atom stereocenters.